The maximum atomic E-state index is 12.8. The van der Waals surface area contributed by atoms with E-state index in [0.29, 0.717) is 6.54 Å². The largest absolute Gasteiger partial charge is 0.491 e. The van der Waals surface area contributed by atoms with Gasteiger partial charge in [0.15, 0.2) is 5.82 Å². The number of hydrogen-bond acceptors (Lipinski definition) is 3. The van der Waals surface area contributed by atoms with E-state index in [1.807, 2.05) is 0 Å². The molecule has 1 aromatic heterocycles. The van der Waals surface area contributed by atoms with Crippen LogP contribution in [0.1, 0.15) is 11.3 Å². The van der Waals surface area contributed by atoms with Crippen molar-refractivity contribution in [3.63, 3.8) is 0 Å². The minimum atomic E-state index is -0.641. The number of fused-ring (bicyclic) bond motifs is 1. The van der Waals surface area contributed by atoms with Crippen LogP contribution in [0.15, 0.2) is 6.07 Å². The Hall–Kier alpha value is -1.16. The van der Waals surface area contributed by atoms with Gasteiger partial charge in [-0.3, -0.25) is 0 Å². The average molecular weight is 168 g/mol. The molecule has 1 aliphatic heterocycles. The molecule has 12 heavy (non-hydrogen) atoms. The summed E-state index contributed by atoms with van der Waals surface area (Å²) in [7, 11) is 0. The van der Waals surface area contributed by atoms with Crippen molar-refractivity contribution in [3.05, 3.63) is 23.1 Å². The zero-order chi connectivity index (χ0) is 8.55. The van der Waals surface area contributed by atoms with Gasteiger partial charge in [0.05, 0.1) is 5.69 Å². The van der Waals surface area contributed by atoms with Gasteiger partial charge in [0, 0.05) is 19.5 Å². The first-order chi connectivity index (χ1) is 5.77. The van der Waals surface area contributed by atoms with Gasteiger partial charge in [-0.25, -0.2) is 9.37 Å². The van der Waals surface area contributed by atoms with Crippen LogP contribution >= 0.6 is 0 Å². The van der Waals surface area contributed by atoms with Crippen molar-refractivity contribution in [1.82, 2.24) is 10.3 Å². The van der Waals surface area contributed by atoms with Gasteiger partial charge in [-0.15, -0.1) is 0 Å². The molecule has 1 aromatic rings. The van der Waals surface area contributed by atoms with Crippen LogP contribution in [-0.4, -0.2) is 16.6 Å². The van der Waals surface area contributed by atoms with Crippen LogP contribution in [0.25, 0.3) is 0 Å². The standard InChI is InChI=1S/C8H9FN2O/c9-6-3-5-4-10-2-1-7(5)11-8(6)12/h3,10H,1-2,4H2,(H,11,12). The van der Waals surface area contributed by atoms with E-state index in [4.69, 9.17) is 5.11 Å². The van der Waals surface area contributed by atoms with Gasteiger partial charge in [-0.2, -0.15) is 0 Å². The maximum Gasteiger partial charge on any atom is 0.248 e. The van der Waals surface area contributed by atoms with Crippen LogP contribution in [0.3, 0.4) is 0 Å². The van der Waals surface area contributed by atoms with E-state index >= 15 is 0 Å². The van der Waals surface area contributed by atoms with Gasteiger partial charge < -0.3 is 10.4 Å². The van der Waals surface area contributed by atoms with Gasteiger partial charge in [-0.05, 0) is 11.6 Å². The molecule has 64 valence electrons. The molecular weight excluding hydrogens is 159 g/mol. The smallest absolute Gasteiger partial charge is 0.248 e. The highest BCUT2D eigenvalue weighted by Gasteiger charge is 2.13. The Morgan fingerprint density at radius 3 is 3.25 bits per heavy atom. The van der Waals surface area contributed by atoms with Crippen molar-refractivity contribution in [2.24, 2.45) is 0 Å². The van der Waals surface area contributed by atoms with Crippen molar-refractivity contribution in [1.29, 1.82) is 0 Å². The molecule has 2 N–H and O–H groups in total. The molecule has 1 aliphatic rings. The molecule has 0 unspecified atom stereocenters. The molecule has 0 spiro atoms. The van der Waals surface area contributed by atoms with Crippen LogP contribution in [0, 0.1) is 5.82 Å². The molecule has 0 saturated heterocycles. The third-order valence-electron chi connectivity index (χ3n) is 1.98. The molecule has 0 bridgehead atoms. The van der Waals surface area contributed by atoms with E-state index in [2.05, 4.69) is 10.3 Å². The fraction of sp³-hybridized carbons (Fsp3) is 0.375. The highest BCUT2D eigenvalue weighted by molar-refractivity contribution is 5.28. The Labute approximate surface area is 69.2 Å². The number of aromatic nitrogens is 1. The SMILES string of the molecule is Oc1nc2c(cc1F)CNCC2. The molecule has 0 aromatic carbocycles. The van der Waals surface area contributed by atoms with Crippen molar-refractivity contribution in [2.75, 3.05) is 6.54 Å². The summed E-state index contributed by atoms with van der Waals surface area (Å²) in [4.78, 5) is 3.75. The first-order valence-corrected chi connectivity index (χ1v) is 3.85. The predicted octanol–water partition coefficient (Wildman–Crippen LogP) is 0.572. The fourth-order valence-corrected chi connectivity index (χ4v) is 1.35. The van der Waals surface area contributed by atoms with Crippen LogP contribution < -0.4 is 5.32 Å². The summed E-state index contributed by atoms with van der Waals surface area (Å²) in [6.07, 6.45) is 0.753. The number of aromatic hydroxyl groups is 1. The minimum absolute atomic E-state index is 0.490. The Kier molecular flexibility index (Phi) is 1.69. The quantitative estimate of drug-likeness (QED) is 0.595. The molecule has 0 aliphatic carbocycles. The highest BCUT2D eigenvalue weighted by atomic mass is 19.1. The van der Waals surface area contributed by atoms with E-state index < -0.39 is 11.7 Å². The van der Waals surface area contributed by atoms with E-state index in [1.165, 1.54) is 6.07 Å². The Morgan fingerprint density at radius 2 is 2.42 bits per heavy atom. The van der Waals surface area contributed by atoms with Crippen molar-refractivity contribution < 1.29 is 9.50 Å². The topological polar surface area (TPSA) is 45.2 Å². The molecule has 2 heterocycles. The average Bonchev–Trinajstić information content (AvgIpc) is 2.07. The summed E-state index contributed by atoms with van der Waals surface area (Å²) in [6, 6.07) is 1.34. The summed E-state index contributed by atoms with van der Waals surface area (Å²) in [6.45, 7) is 1.48. The minimum Gasteiger partial charge on any atom is -0.491 e. The summed E-state index contributed by atoms with van der Waals surface area (Å²) in [5, 5.41) is 12.1. The van der Waals surface area contributed by atoms with Crippen LogP contribution in [0.4, 0.5) is 4.39 Å². The highest BCUT2D eigenvalue weighted by Crippen LogP contribution is 2.18. The molecule has 3 nitrogen and oxygen atoms in total. The number of rotatable bonds is 0. The maximum absolute atomic E-state index is 12.8. The van der Waals surface area contributed by atoms with Gasteiger partial charge in [0.1, 0.15) is 0 Å². The third kappa shape index (κ3) is 1.14. The lowest BCUT2D eigenvalue weighted by molar-refractivity contribution is 0.405. The van der Waals surface area contributed by atoms with Crippen LogP contribution in [-0.2, 0) is 13.0 Å². The number of halogens is 1. The first kappa shape index (κ1) is 7.49. The molecule has 4 heteroatoms. The second-order valence-corrected chi connectivity index (χ2v) is 2.83. The second kappa shape index (κ2) is 2.71. The molecule has 0 amide bonds. The van der Waals surface area contributed by atoms with Crippen molar-refractivity contribution in [3.8, 4) is 5.88 Å². The van der Waals surface area contributed by atoms with Crippen molar-refractivity contribution in [2.45, 2.75) is 13.0 Å². The fourth-order valence-electron chi connectivity index (χ4n) is 1.35. The number of nitrogens with zero attached hydrogens (tertiary/aromatic N) is 1. The monoisotopic (exact) mass is 168 g/mol. The first-order valence-electron chi connectivity index (χ1n) is 3.85. The predicted molar refractivity (Wildman–Crippen MR) is 41.3 cm³/mol. The Morgan fingerprint density at radius 1 is 1.58 bits per heavy atom. The van der Waals surface area contributed by atoms with Crippen LogP contribution in [0.5, 0.6) is 5.88 Å². The van der Waals surface area contributed by atoms with E-state index in [1.54, 1.807) is 0 Å². The second-order valence-electron chi connectivity index (χ2n) is 2.83. The molecule has 0 saturated carbocycles. The van der Waals surface area contributed by atoms with Gasteiger partial charge in [0.25, 0.3) is 0 Å². The molecule has 0 atom stereocenters. The molecule has 0 fully saturated rings. The van der Waals surface area contributed by atoms with Gasteiger partial charge in [-0.1, -0.05) is 0 Å². The van der Waals surface area contributed by atoms with E-state index in [0.717, 1.165) is 24.2 Å². The summed E-state index contributed by atoms with van der Waals surface area (Å²) in [5.74, 6) is -1.13. The van der Waals surface area contributed by atoms with Gasteiger partial charge >= 0.3 is 0 Å². The van der Waals surface area contributed by atoms with Crippen molar-refractivity contribution >= 4 is 0 Å². The molecule has 0 radical (unpaired) electrons. The Balaban J connectivity index is 2.49. The number of pyridine rings is 1. The molecular formula is C8H9FN2O. The summed E-state index contributed by atoms with van der Waals surface area (Å²) in [5.41, 5.74) is 1.64. The zero-order valence-electron chi connectivity index (χ0n) is 6.47. The lowest BCUT2D eigenvalue weighted by Crippen LogP contribution is -2.24. The van der Waals surface area contributed by atoms with E-state index in [-0.39, 0.29) is 0 Å². The summed E-state index contributed by atoms with van der Waals surface area (Å²) >= 11 is 0. The van der Waals surface area contributed by atoms with Crippen LogP contribution in [0.2, 0.25) is 0 Å². The normalized spacial score (nSPS) is 15.8. The van der Waals surface area contributed by atoms with E-state index in [9.17, 15) is 4.39 Å². The Bertz CT molecular complexity index is 283. The lowest BCUT2D eigenvalue weighted by Gasteiger charge is -2.15. The zero-order valence-corrected chi connectivity index (χ0v) is 6.47. The number of nitrogens with one attached hydrogen (secondary N) is 1. The van der Waals surface area contributed by atoms with Gasteiger partial charge in [0.2, 0.25) is 5.88 Å². The third-order valence-corrected chi connectivity index (χ3v) is 1.98. The summed E-state index contributed by atoms with van der Waals surface area (Å²) < 4.78 is 12.8. The lowest BCUT2D eigenvalue weighted by atomic mass is 10.1. The molecule has 2 rings (SSSR count). The number of hydrogen-bond donors (Lipinski definition) is 2.